The molecule has 7 nitrogen and oxygen atoms in total. The van der Waals surface area contributed by atoms with Crippen LogP contribution in [0, 0.1) is 34.0 Å². The molecule has 0 atom stereocenters. The van der Waals surface area contributed by atoms with Crippen LogP contribution in [0.3, 0.4) is 0 Å². The Kier molecular flexibility index (Phi) is 6.79. The summed E-state index contributed by atoms with van der Waals surface area (Å²) in [6.07, 6.45) is 9.94. The van der Waals surface area contributed by atoms with Gasteiger partial charge >= 0.3 is 0 Å². The van der Waals surface area contributed by atoms with Gasteiger partial charge in [-0.05, 0) is 55.5 Å². The van der Waals surface area contributed by atoms with Gasteiger partial charge in [-0.1, -0.05) is 12.2 Å². The van der Waals surface area contributed by atoms with Gasteiger partial charge in [-0.15, -0.1) is 11.3 Å². The van der Waals surface area contributed by atoms with E-state index >= 15 is 0 Å². The summed E-state index contributed by atoms with van der Waals surface area (Å²) < 4.78 is 23.7. The minimum absolute atomic E-state index is 0.00873. The van der Waals surface area contributed by atoms with Gasteiger partial charge in [0.2, 0.25) is 0 Å². The molecule has 4 heterocycles. The lowest BCUT2D eigenvalue weighted by molar-refractivity contribution is 0.174. The molecule has 34 heavy (non-hydrogen) atoms. The van der Waals surface area contributed by atoms with Gasteiger partial charge in [0, 0.05) is 5.57 Å². The van der Waals surface area contributed by atoms with Gasteiger partial charge in [-0.3, -0.25) is 0 Å². The molecular formula is C26H17N3O4S. The molecule has 0 aromatic carbocycles. The van der Waals surface area contributed by atoms with Crippen molar-refractivity contribution in [2.45, 2.75) is 6.92 Å². The highest BCUT2D eigenvalue weighted by molar-refractivity contribution is 7.19. The first-order valence-corrected chi connectivity index (χ1v) is 11.0. The summed E-state index contributed by atoms with van der Waals surface area (Å²) in [6.45, 7) is 2.59. The monoisotopic (exact) mass is 467 g/mol. The Hall–Kier alpha value is -4.71. The number of fused-ring (bicyclic) bond motifs is 1. The summed E-state index contributed by atoms with van der Waals surface area (Å²) in [5.41, 5.74) is 0.610. The van der Waals surface area contributed by atoms with E-state index in [4.69, 9.17) is 34.1 Å². The first-order valence-electron chi connectivity index (χ1n) is 10.2. The predicted molar refractivity (Wildman–Crippen MR) is 127 cm³/mol. The van der Waals surface area contributed by atoms with E-state index in [9.17, 15) is 0 Å². The first-order chi connectivity index (χ1) is 16.6. The van der Waals surface area contributed by atoms with Crippen LogP contribution in [0.4, 0.5) is 0 Å². The molecule has 0 fully saturated rings. The average molecular weight is 468 g/mol. The topological polar surface area (TPSA) is 116 Å². The van der Waals surface area contributed by atoms with Gasteiger partial charge in [-0.25, -0.2) is 0 Å². The molecule has 0 N–H and O–H groups in total. The molecule has 0 radical (unpaired) electrons. The molecule has 0 aliphatic carbocycles. The van der Waals surface area contributed by atoms with Crippen molar-refractivity contribution in [1.82, 2.24) is 0 Å². The number of nitrogens with zero attached hydrogens (tertiary/aromatic N) is 3. The Morgan fingerprint density at radius 1 is 0.794 bits per heavy atom. The Bertz CT molecular complexity index is 1440. The highest BCUT2D eigenvalue weighted by Gasteiger charge is 2.29. The molecule has 3 aromatic rings. The molecular weight excluding hydrogens is 450 g/mol. The third kappa shape index (κ3) is 4.86. The number of ether oxygens (including phenoxy) is 2. The second-order valence-electron chi connectivity index (χ2n) is 7.00. The van der Waals surface area contributed by atoms with Crippen molar-refractivity contribution in [3.63, 3.8) is 0 Å². The van der Waals surface area contributed by atoms with Crippen molar-refractivity contribution in [2.24, 2.45) is 0 Å². The zero-order valence-electron chi connectivity index (χ0n) is 18.1. The number of hydrogen-bond donors (Lipinski definition) is 0. The van der Waals surface area contributed by atoms with Crippen LogP contribution >= 0.6 is 11.3 Å². The summed E-state index contributed by atoms with van der Waals surface area (Å²) in [6, 6.07) is 13.0. The summed E-state index contributed by atoms with van der Waals surface area (Å²) in [4.78, 5) is 1.56. The van der Waals surface area contributed by atoms with Gasteiger partial charge < -0.3 is 18.3 Å². The van der Waals surface area contributed by atoms with Crippen LogP contribution in [0.25, 0.3) is 33.4 Å². The van der Waals surface area contributed by atoms with Gasteiger partial charge in [0.15, 0.2) is 11.5 Å². The summed E-state index contributed by atoms with van der Waals surface area (Å²) in [7, 11) is 0. The fraction of sp³-hybridized carbons (Fsp3) is 0.115. The Balaban J connectivity index is 1.64. The van der Waals surface area contributed by atoms with Crippen molar-refractivity contribution in [1.29, 1.82) is 15.8 Å². The van der Waals surface area contributed by atoms with Gasteiger partial charge in [-0.2, -0.15) is 15.8 Å². The number of nitriles is 3. The van der Waals surface area contributed by atoms with Crippen molar-refractivity contribution < 1.29 is 18.3 Å². The van der Waals surface area contributed by atoms with Crippen LogP contribution in [-0.4, -0.2) is 13.2 Å². The highest BCUT2D eigenvalue weighted by atomic mass is 32.1. The van der Waals surface area contributed by atoms with Crippen LogP contribution in [0.5, 0.6) is 11.5 Å². The number of rotatable bonds is 6. The van der Waals surface area contributed by atoms with E-state index in [2.05, 4.69) is 6.07 Å². The predicted octanol–water partition coefficient (Wildman–Crippen LogP) is 6.51. The molecule has 0 spiro atoms. The molecule has 0 bridgehead atoms. The molecule has 1 aliphatic heterocycles. The quantitative estimate of drug-likeness (QED) is 0.300. The van der Waals surface area contributed by atoms with Crippen molar-refractivity contribution in [3.8, 4) is 51.0 Å². The van der Waals surface area contributed by atoms with Gasteiger partial charge in [0.05, 0.1) is 6.07 Å². The Morgan fingerprint density at radius 3 is 1.82 bits per heavy atom. The van der Waals surface area contributed by atoms with E-state index in [1.54, 1.807) is 55.5 Å². The van der Waals surface area contributed by atoms with E-state index in [-0.39, 0.29) is 5.57 Å². The third-order valence-corrected chi connectivity index (χ3v) is 5.83. The minimum Gasteiger partial charge on any atom is -0.484 e. The van der Waals surface area contributed by atoms with Gasteiger partial charge in [0.25, 0.3) is 0 Å². The zero-order chi connectivity index (χ0) is 23.9. The lowest BCUT2D eigenvalue weighted by atomic mass is 10.2. The van der Waals surface area contributed by atoms with E-state index in [1.165, 1.54) is 17.4 Å². The van der Waals surface area contributed by atoms with Crippen LogP contribution in [0.2, 0.25) is 0 Å². The minimum atomic E-state index is 0.00873. The molecule has 0 amide bonds. The summed E-state index contributed by atoms with van der Waals surface area (Å²) >= 11 is 1.44. The van der Waals surface area contributed by atoms with E-state index in [0.717, 1.165) is 9.75 Å². The molecule has 3 aromatic heterocycles. The van der Waals surface area contributed by atoms with Crippen LogP contribution in [0.1, 0.15) is 18.4 Å². The van der Waals surface area contributed by atoms with Crippen molar-refractivity contribution in [2.75, 3.05) is 13.2 Å². The fourth-order valence-corrected chi connectivity index (χ4v) is 4.18. The number of furan rings is 2. The molecule has 8 heteroatoms. The second-order valence-corrected chi connectivity index (χ2v) is 8.02. The van der Waals surface area contributed by atoms with Crippen LogP contribution in [0.15, 0.2) is 68.6 Å². The summed E-state index contributed by atoms with van der Waals surface area (Å²) in [5, 5.41) is 26.5. The van der Waals surface area contributed by atoms with E-state index in [1.807, 2.05) is 18.2 Å². The molecule has 0 saturated carbocycles. The molecule has 0 saturated heterocycles. The summed E-state index contributed by atoms with van der Waals surface area (Å²) in [5.74, 6) is 3.66. The van der Waals surface area contributed by atoms with E-state index < -0.39 is 0 Å². The maximum absolute atomic E-state index is 8.84. The van der Waals surface area contributed by atoms with Crippen LogP contribution in [-0.2, 0) is 0 Å². The standard InChI is InChI=1S/C26H17N3O4S/c1-17(14-27)4-2-6-19-8-10-21(32-19)25-23-24(31-13-12-30-23)26(34-25)22-11-9-20(33-22)7-3-5-18(15-28)16-29/h2-11H,12-13H2,1H3/b6-2+,7-3+,17-4-. The first kappa shape index (κ1) is 22.5. The second kappa shape index (κ2) is 10.3. The van der Waals surface area contributed by atoms with Gasteiger partial charge in [0.1, 0.15) is 63.7 Å². The number of hydrogen-bond acceptors (Lipinski definition) is 8. The smallest absolute Gasteiger partial charge is 0.183 e. The van der Waals surface area contributed by atoms with Crippen molar-refractivity contribution >= 4 is 23.5 Å². The Morgan fingerprint density at radius 2 is 1.32 bits per heavy atom. The maximum Gasteiger partial charge on any atom is 0.183 e. The molecule has 166 valence electrons. The van der Waals surface area contributed by atoms with Crippen LogP contribution < -0.4 is 9.47 Å². The third-order valence-electron chi connectivity index (χ3n) is 4.65. The highest BCUT2D eigenvalue weighted by Crippen LogP contribution is 2.54. The molecule has 1 aliphatic rings. The number of allylic oxidation sites excluding steroid dienone is 6. The zero-order valence-corrected chi connectivity index (χ0v) is 18.9. The lowest BCUT2D eigenvalue weighted by Crippen LogP contribution is -2.14. The van der Waals surface area contributed by atoms with E-state index in [0.29, 0.717) is 53.3 Å². The Labute approximate surface area is 200 Å². The van der Waals surface area contributed by atoms with Crippen molar-refractivity contribution in [3.05, 3.63) is 71.2 Å². The lowest BCUT2D eigenvalue weighted by Gasteiger charge is -2.16. The fourth-order valence-electron chi connectivity index (χ4n) is 3.07. The maximum atomic E-state index is 8.84. The molecule has 4 rings (SSSR count). The largest absolute Gasteiger partial charge is 0.484 e. The normalized spacial score (nSPS) is 12.9. The molecule has 0 unspecified atom stereocenters. The SMILES string of the molecule is C/C(C#N)=C/C=C/c1ccc(-c2sc(-c3ccc(/C=C/C=C(C#N)C#N)o3)c3c2OCCO3)o1. The number of thiophene rings is 1. The average Bonchev–Trinajstić information content (AvgIpc) is 3.60.